The van der Waals surface area contributed by atoms with Crippen molar-refractivity contribution in [2.45, 2.75) is 103 Å². The van der Waals surface area contributed by atoms with E-state index in [1.807, 2.05) is 0 Å². The van der Waals surface area contributed by atoms with Crippen molar-refractivity contribution in [2.75, 3.05) is 7.05 Å². The SMILES string of the molecule is CCCCCCCCCCCCCCC(C)([NH2+]C)c1ccccc1.[Cl-].[Cl-]. The molecule has 0 aliphatic rings. The summed E-state index contributed by atoms with van der Waals surface area (Å²) in [7, 11) is 2.22. The average Bonchev–Trinajstić information content (AvgIpc) is 2.63. The standard InChI is InChI=1S/C23H41N.2ClH/c1-4-5-6-7-8-9-10-11-12-13-14-18-21-23(2,24-3)22-19-16-15-17-20-22;;/h15-17,19-20,24H,4-14,18,21H2,1-3H3;2*1H/p-1. The van der Waals surface area contributed by atoms with E-state index in [-0.39, 0.29) is 30.4 Å². The highest BCUT2D eigenvalue weighted by atomic mass is 35.5. The molecule has 0 aromatic heterocycles. The molecule has 1 aromatic rings. The molecular weight excluding hydrogens is 361 g/mol. The van der Waals surface area contributed by atoms with E-state index in [9.17, 15) is 0 Å². The number of quaternary nitrogens is 1. The van der Waals surface area contributed by atoms with E-state index < -0.39 is 0 Å². The van der Waals surface area contributed by atoms with Crippen LogP contribution >= 0.6 is 0 Å². The van der Waals surface area contributed by atoms with Crippen molar-refractivity contribution in [2.24, 2.45) is 0 Å². The smallest absolute Gasteiger partial charge is 0.119 e. The first-order chi connectivity index (χ1) is 11.7. The van der Waals surface area contributed by atoms with Gasteiger partial charge in [-0.1, -0.05) is 108 Å². The Bertz CT molecular complexity index is 396. The predicted molar refractivity (Wildman–Crippen MR) is 107 cm³/mol. The third-order valence-electron chi connectivity index (χ3n) is 5.62. The van der Waals surface area contributed by atoms with Gasteiger partial charge in [0.1, 0.15) is 5.54 Å². The molecule has 0 heterocycles. The highest BCUT2D eigenvalue weighted by molar-refractivity contribution is 5.20. The van der Waals surface area contributed by atoms with Crippen LogP contribution < -0.4 is 30.1 Å². The van der Waals surface area contributed by atoms with Gasteiger partial charge in [0.2, 0.25) is 0 Å². The van der Waals surface area contributed by atoms with Crippen LogP contribution in [0.5, 0.6) is 0 Å². The lowest BCUT2D eigenvalue weighted by molar-refractivity contribution is -0.710. The van der Waals surface area contributed by atoms with Crippen LogP contribution in [0.3, 0.4) is 0 Å². The molecule has 154 valence electrons. The Hall–Kier alpha value is -0.240. The van der Waals surface area contributed by atoms with Gasteiger partial charge in [0, 0.05) is 12.0 Å². The van der Waals surface area contributed by atoms with E-state index in [1.165, 1.54) is 89.0 Å². The Kier molecular flexibility index (Phi) is 19.5. The normalized spacial score (nSPS) is 12.7. The maximum atomic E-state index is 2.39. The molecule has 3 heteroatoms. The minimum atomic E-state index is 0. The predicted octanol–water partition coefficient (Wildman–Crippen LogP) is 0.194. The molecule has 0 aliphatic heterocycles. The van der Waals surface area contributed by atoms with Crippen LogP contribution in [-0.2, 0) is 5.54 Å². The molecule has 1 atom stereocenters. The number of halogens is 2. The topological polar surface area (TPSA) is 16.6 Å². The van der Waals surface area contributed by atoms with E-state index >= 15 is 0 Å². The molecule has 1 unspecified atom stereocenters. The molecule has 0 spiro atoms. The van der Waals surface area contributed by atoms with Crippen molar-refractivity contribution in [1.29, 1.82) is 0 Å². The summed E-state index contributed by atoms with van der Waals surface area (Å²) in [4.78, 5) is 0. The van der Waals surface area contributed by atoms with Gasteiger partial charge in [-0.2, -0.15) is 0 Å². The molecule has 1 nitrogen and oxygen atoms in total. The minimum absolute atomic E-state index is 0. The van der Waals surface area contributed by atoms with E-state index in [1.54, 1.807) is 0 Å². The Labute approximate surface area is 175 Å². The van der Waals surface area contributed by atoms with Gasteiger partial charge in [0.25, 0.3) is 0 Å². The monoisotopic (exact) mass is 402 g/mol. The summed E-state index contributed by atoms with van der Waals surface area (Å²) >= 11 is 0. The van der Waals surface area contributed by atoms with Gasteiger partial charge in [0.15, 0.2) is 0 Å². The first-order valence-corrected chi connectivity index (χ1v) is 10.6. The van der Waals surface area contributed by atoms with Gasteiger partial charge in [0.05, 0.1) is 7.05 Å². The Morgan fingerprint density at radius 3 is 1.54 bits per heavy atom. The number of hydrogen-bond donors (Lipinski definition) is 1. The van der Waals surface area contributed by atoms with Crippen molar-refractivity contribution in [1.82, 2.24) is 0 Å². The van der Waals surface area contributed by atoms with Crippen molar-refractivity contribution in [3.8, 4) is 0 Å². The van der Waals surface area contributed by atoms with Crippen LogP contribution in [0.15, 0.2) is 30.3 Å². The van der Waals surface area contributed by atoms with Gasteiger partial charge in [-0.15, -0.1) is 0 Å². The second kappa shape index (κ2) is 18.1. The number of rotatable bonds is 15. The molecule has 1 rings (SSSR count). The van der Waals surface area contributed by atoms with E-state index in [2.05, 4.69) is 56.5 Å². The molecule has 0 saturated heterocycles. The first-order valence-electron chi connectivity index (χ1n) is 10.6. The molecule has 1 aromatic carbocycles. The zero-order chi connectivity index (χ0) is 17.5. The quantitative estimate of drug-likeness (QED) is 0.403. The van der Waals surface area contributed by atoms with E-state index in [4.69, 9.17) is 0 Å². The fourth-order valence-electron chi connectivity index (χ4n) is 3.61. The van der Waals surface area contributed by atoms with Crippen molar-refractivity contribution >= 4 is 0 Å². The summed E-state index contributed by atoms with van der Waals surface area (Å²) in [5.74, 6) is 0. The molecular formula is C23H42Cl2N-. The van der Waals surface area contributed by atoms with Crippen LogP contribution in [0.4, 0.5) is 0 Å². The van der Waals surface area contributed by atoms with Crippen LogP contribution in [0.25, 0.3) is 0 Å². The lowest BCUT2D eigenvalue weighted by atomic mass is 9.86. The molecule has 26 heavy (non-hydrogen) atoms. The third kappa shape index (κ3) is 12.2. The fourth-order valence-corrected chi connectivity index (χ4v) is 3.61. The van der Waals surface area contributed by atoms with Crippen molar-refractivity contribution in [3.05, 3.63) is 35.9 Å². The summed E-state index contributed by atoms with van der Waals surface area (Å²) in [6, 6.07) is 11.0. The first kappa shape index (κ1) is 28.0. The average molecular weight is 404 g/mol. The maximum absolute atomic E-state index is 2.39. The maximum Gasteiger partial charge on any atom is 0.119 e. The minimum Gasteiger partial charge on any atom is -1.00 e. The number of unbranched alkanes of at least 4 members (excludes halogenated alkanes) is 11. The summed E-state index contributed by atoms with van der Waals surface area (Å²) in [5.41, 5.74) is 1.72. The zero-order valence-electron chi connectivity index (χ0n) is 17.4. The lowest BCUT2D eigenvalue weighted by Gasteiger charge is -2.26. The van der Waals surface area contributed by atoms with Crippen LogP contribution in [-0.4, -0.2) is 7.05 Å². The number of nitrogens with two attached hydrogens (primary N) is 1. The molecule has 0 radical (unpaired) electrons. The highest BCUT2D eigenvalue weighted by Gasteiger charge is 2.27. The molecule has 0 saturated carbocycles. The van der Waals surface area contributed by atoms with Gasteiger partial charge in [-0.3, -0.25) is 0 Å². The molecule has 0 amide bonds. The number of hydrogen-bond acceptors (Lipinski definition) is 0. The van der Waals surface area contributed by atoms with Gasteiger partial charge < -0.3 is 30.1 Å². The van der Waals surface area contributed by atoms with E-state index in [0.29, 0.717) is 0 Å². The second-order valence-electron chi connectivity index (χ2n) is 7.71. The second-order valence-corrected chi connectivity index (χ2v) is 7.71. The fraction of sp³-hybridized carbons (Fsp3) is 0.739. The molecule has 0 fully saturated rings. The van der Waals surface area contributed by atoms with Gasteiger partial charge >= 0.3 is 0 Å². The van der Waals surface area contributed by atoms with Crippen LogP contribution in [0.2, 0.25) is 0 Å². The number of benzene rings is 1. The zero-order valence-corrected chi connectivity index (χ0v) is 18.9. The van der Waals surface area contributed by atoms with Crippen LogP contribution in [0, 0.1) is 0 Å². The Balaban J connectivity index is 0. The summed E-state index contributed by atoms with van der Waals surface area (Å²) in [6.07, 6.45) is 18.4. The van der Waals surface area contributed by atoms with Crippen molar-refractivity contribution < 1.29 is 30.1 Å². The largest absolute Gasteiger partial charge is 1.00 e. The molecule has 0 bridgehead atoms. The third-order valence-corrected chi connectivity index (χ3v) is 5.62. The van der Waals surface area contributed by atoms with Crippen molar-refractivity contribution in [3.63, 3.8) is 0 Å². The highest BCUT2D eigenvalue weighted by Crippen LogP contribution is 2.23. The summed E-state index contributed by atoms with van der Waals surface area (Å²) in [5, 5.41) is 2.39. The molecule has 2 N–H and O–H groups in total. The van der Waals surface area contributed by atoms with Crippen LogP contribution in [0.1, 0.15) is 103 Å². The van der Waals surface area contributed by atoms with Gasteiger partial charge in [-0.25, -0.2) is 0 Å². The summed E-state index contributed by atoms with van der Waals surface area (Å²) < 4.78 is 0. The summed E-state index contributed by atoms with van der Waals surface area (Å²) in [6.45, 7) is 4.68. The molecule has 0 aliphatic carbocycles. The van der Waals surface area contributed by atoms with Gasteiger partial charge in [-0.05, 0) is 13.3 Å². The lowest BCUT2D eigenvalue weighted by Crippen LogP contribution is -3.00. The van der Waals surface area contributed by atoms with E-state index in [0.717, 1.165) is 0 Å². The Morgan fingerprint density at radius 2 is 1.12 bits per heavy atom. The Morgan fingerprint density at radius 1 is 0.692 bits per heavy atom.